The van der Waals surface area contributed by atoms with E-state index in [1.54, 1.807) is 42.5 Å². The fourth-order valence-corrected chi connectivity index (χ4v) is 1.67. The Balaban J connectivity index is 2.23. The minimum Gasteiger partial charge on any atom is -0.493 e. The van der Waals surface area contributed by atoms with Crippen LogP contribution >= 0.6 is 0 Å². The average Bonchev–Trinajstić information content (AvgIpc) is 2.50. The zero-order valence-electron chi connectivity index (χ0n) is 10.9. The minimum absolute atomic E-state index is 0.343. The normalized spacial score (nSPS) is 10.4. The van der Waals surface area contributed by atoms with Crippen molar-refractivity contribution in [3.8, 4) is 11.5 Å². The highest BCUT2D eigenvalue weighted by Gasteiger charge is 2.12. The van der Waals surface area contributed by atoms with Crippen molar-refractivity contribution < 1.29 is 14.3 Å². The average molecular weight is 270 g/mol. The van der Waals surface area contributed by atoms with Crippen LogP contribution in [0.25, 0.3) is 0 Å². The van der Waals surface area contributed by atoms with Crippen LogP contribution in [0.2, 0.25) is 0 Å². The monoisotopic (exact) mass is 270 g/mol. The van der Waals surface area contributed by atoms with Crippen LogP contribution < -0.4 is 15.3 Å². The summed E-state index contributed by atoms with van der Waals surface area (Å²) >= 11 is 0. The fourth-order valence-electron chi connectivity index (χ4n) is 1.67. The summed E-state index contributed by atoms with van der Waals surface area (Å²) in [6.07, 6.45) is 1.48. The first-order chi connectivity index (χ1) is 9.74. The third kappa shape index (κ3) is 3.14. The number of hydrogen-bond donors (Lipinski definition) is 1. The number of hydrogen-bond acceptors (Lipinski definition) is 5. The van der Waals surface area contributed by atoms with Gasteiger partial charge in [0.15, 0.2) is 11.5 Å². The standard InChI is InChI=1S/C15H14N2O3/c1-19-14-9-11(10-17-16)7-8-13(14)20-15(18)12-5-3-2-4-6-12/h2-10H,16H2,1H3. The van der Waals surface area contributed by atoms with Crippen LogP contribution in [0.15, 0.2) is 53.6 Å². The number of carbonyl (C=O) groups excluding carboxylic acids is 1. The highest BCUT2D eigenvalue weighted by Crippen LogP contribution is 2.28. The van der Waals surface area contributed by atoms with Gasteiger partial charge in [0, 0.05) is 0 Å². The van der Waals surface area contributed by atoms with Crippen LogP contribution in [-0.4, -0.2) is 19.3 Å². The Hall–Kier alpha value is -2.82. The number of methoxy groups -OCH3 is 1. The fraction of sp³-hybridized carbons (Fsp3) is 0.0667. The lowest BCUT2D eigenvalue weighted by Gasteiger charge is -2.09. The maximum atomic E-state index is 12.0. The molecule has 0 amide bonds. The van der Waals surface area contributed by atoms with Crippen LogP contribution in [0.4, 0.5) is 0 Å². The summed E-state index contributed by atoms with van der Waals surface area (Å²) in [5.74, 6) is 5.43. The Bertz CT molecular complexity index is 624. The second-order valence-electron chi connectivity index (χ2n) is 3.94. The number of benzene rings is 2. The molecule has 0 saturated carbocycles. The molecule has 0 atom stereocenters. The molecule has 0 saturated heterocycles. The van der Waals surface area contributed by atoms with Crippen LogP contribution in [-0.2, 0) is 0 Å². The van der Waals surface area contributed by atoms with Crippen LogP contribution in [0, 0.1) is 0 Å². The number of esters is 1. The Kier molecular flexibility index (Phi) is 4.34. The molecule has 0 heterocycles. The topological polar surface area (TPSA) is 73.9 Å². The lowest BCUT2D eigenvalue weighted by atomic mass is 10.2. The van der Waals surface area contributed by atoms with Gasteiger partial charge in [0.25, 0.3) is 0 Å². The Morgan fingerprint density at radius 2 is 1.90 bits per heavy atom. The Labute approximate surface area is 116 Å². The molecule has 2 aromatic rings. The van der Waals surface area contributed by atoms with Gasteiger partial charge in [0.2, 0.25) is 0 Å². The molecule has 2 N–H and O–H groups in total. The van der Waals surface area contributed by atoms with E-state index in [-0.39, 0.29) is 0 Å². The number of nitrogens with two attached hydrogens (primary N) is 1. The number of carbonyl (C=O) groups is 1. The molecule has 0 radical (unpaired) electrons. The maximum Gasteiger partial charge on any atom is 0.343 e. The molecule has 0 fully saturated rings. The molecule has 2 aromatic carbocycles. The Morgan fingerprint density at radius 1 is 1.15 bits per heavy atom. The molecule has 0 aromatic heterocycles. The van der Waals surface area contributed by atoms with E-state index in [1.807, 2.05) is 6.07 Å². The third-order valence-electron chi connectivity index (χ3n) is 2.62. The molecule has 0 aliphatic rings. The van der Waals surface area contributed by atoms with E-state index in [4.69, 9.17) is 15.3 Å². The van der Waals surface area contributed by atoms with E-state index in [0.29, 0.717) is 17.1 Å². The SMILES string of the molecule is COc1cc(C=NN)ccc1OC(=O)c1ccccc1. The molecule has 0 unspecified atom stereocenters. The molecule has 102 valence electrons. The van der Waals surface area contributed by atoms with Crippen molar-refractivity contribution in [2.75, 3.05) is 7.11 Å². The van der Waals surface area contributed by atoms with Gasteiger partial charge in [-0.15, -0.1) is 0 Å². The molecule has 2 rings (SSSR count). The lowest BCUT2D eigenvalue weighted by molar-refractivity contribution is 0.0729. The second kappa shape index (κ2) is 6.38. The number of nitrogens with zero attached hydrogens (tertiary/aromatic N) is 1. The van der Waals surface area contributed by atoms with Crippen molar-refractivity contribution in [2.45, 2.75) is 0 Å². The van der Waals surface area contributed by atoms with Gasteiger partial charge in [-0.25, -0.2) is 4.79 Å². The maximum absolute atomic E-state index is 12.0. The summed E-state index contributed by atoms with van der Waals surface area (Å²) in [5.41, 5.74) is 1.23. The van der Waals surface area contributed by atoms with Crippen molar-refractivity contribution in [3.05, 3.63) is 59.7 Å². The summed E-state index contributed by atoms with van der Waals surface area (Å²) in [7, 11) is 1.50. The molecule has 0 aliphatic carbocycles. The highest BCUT2D eigenvalue weighted by molar-refractivity contribution is 5.91. The molecule has 0 spiro atoms. The number of hydrazone groups is 1. The second-order valence-corrected chi connectivity index (χ2v) is 3.94. The van der Waals surface area contributed by atoms with Gasteiger partial charge in [-0.05, 0) is 35.9 Å². The zero-order chi connectivity index (χ0) is 14.4. The van der Waals surface area contributed by atoms with Crippen molar-refractivity contribution in [1.29, 1.82) is 0 Å². The van der Waals surface area contributed by atoms with E-state index < -0.39 is 5.97 Å². The molecular formula is C15H14N2O3. The van der Waals surface area contributed by atoms with Gasteiger partial charge in [-0.2, -0.15) is 5.10 Å². The smallest absolute Gasteiger partial charge is 0.343 e. The summed E-state index contributed by atoms with van der Waals surface area (Å²) in [6, 6.07) is 13.8. The summed E-state index contributed by atoms with van der Waals surface area (Å²) in [5, 5.41) is 3.43. The highest BCUT2D eigenvalue weighted by atomic mass is 16.6. The number of ether oxygens (including phenoxy) is 2. The van der Waals surface area contributed by atoms with Crippen molar-refractivity contribution in [2.24, 2.45) is 10.9 Å². The molecular weight excluding hydrogens is 256 g/mol. The molecule has 5 heteroatoms. The van der Waals surface area contributed by atoms with Gasteiger partial charge < -0.3 is 15.3 Å². The zero-order valence-corrected chi connectivity index (χ0v) is 10.9. The van der Waals surface area contributed by atoms with Gasteiger partial charge in [-0.3, -0.25) is 0 Å². The van der Waals surface area contributed by atoms with Gasteiger partial charge in [0.05, 0.1) is 18.9 Å². The van der Waals surface area contributed by atoms with Gasteiger partial charge in [0.1, 0.15) is 0 Å². The van der Waals surface area contributed by atoms with Crippen molar-refractivity contribution in [1.82, 2.24) is 0 Å². The summed E-state index contributed by atoms with van der Waals surface area (Å²) < 4.78 is 10.5. The van der Waals surface area contributed by atoms with Crippen LogP contribution in [0.3, 0.4) is 0 Å². The van der Waals surface area contributed by atoms with Gasteiger partial charge in [-0.1, -0.05) is 18.2 Å². The lowest BCUT2D eigenvalue weighted by Crippen LogP contribution is -2.09. The van der Waals surface area contributed by atoms with Crippen LogP contribution in [0.1, 0.15) is 15.9 Å². The van der Waals surface area contributed by atoms with Gasteiger partial charge >= 0.3 is 5.97 Å². The quantitative estimate of drug-likeness (QED) is 0.304. The molecule has 5 nitrogen and oxygen atoms in total. The van der Waals surface area contributed by atoms with E-state index in [2.05, 4.69) is 5.10 Å². The van der Waals surface area contributed by atoms with E-state index in [1.165, 1.54) is 13.3 Å². The minimum atomic E-state index is -0.441. The van der Waals surface area contributed by atoms with Crippen LogP contribution in [0.5, 0.6) is 11.5 Å². The van der Waals surface area contributed by atoms with Crippen molar-refractivity contribution in [3.63, 3.8) is 0 Å². The van der Waals surface area contributed by atoms with Crippen molar-refractivity contribution >= 4 is 12.2 Å². The predicted molar refractivity (Wildman–Crippen MR) is 76.2 cm³/mol. The van der Waals surface area contributed by atoms with E-state index in [0.717, 1.165) is 5.56 Å². The van der Waals surface area contributed by atoms with E-state index >= 15 is 0 Å². The summed E-state index contributed by atoms with van der Waals surface area (Å²) in [6.45, 7) is 0. The largest absolute Gasteiger partial charge is 0.493 e. The first-order valence-electron chi connectivity index (χ1n) is 5.93. The Morgan fingerprint density at radius 3 is 2.55 bits per heavy atom. The van der Waals surface area contributed by atoms with E-state index in [9.17, 15) is 4.79 Å². The third-order valence-corrected chi connectivity index (χ3v) is 2.62. The number of rotatable bonds is 4. The first-order valence-corrected chi connectivity index (χ1v) is 5.93. The first kappa shape index (κ1) is 13.6. The molecule has 0 aliphatic heterocycles. The predicted octanol–water partition coefficient (Wildman–Crippen LogP) is 2.21. The summed E-state index contributed by atoms with van der Waals surface area (Å²) in [4.78, 5) is 12.0. The molecule has 20 heavy (non-hydrogen) atoms. The molecule has 0 bridgehead atoms.